The molecule has 0 aliphatic heterocycles. The SMILES string of the molecule is C=CCN(C(=O)CNC(=O)OC(C)(C)C)C(C(=O)NC(C)(C)C)c1ccc(O)cc1. The van der Waals surface area contributed by atoms with Crippen LogP contribution >= 0.6 is 0 Å². The van der Waals surface area contributed by atoms with Gasteiger partial charge in [0.1, 0.15) is 23.9 Å². The Balaban J connectivity index is 3.15. The molecule has 1 aromatic carbocycles. The van der Waals surface area contributed by atoms with E-state index in [9.17, 15) is 19.5 Å². The molecule has 1 rings (SSSR count). The summed E-state index contributed by atoms with van der Waals surface area (Å²) in [6.07, 6.45) is 0.776. The van der Waals surface area contributed by atoms with Crippen molar-refractivity contribution in [3.63, 3.8) is 0 Å². The molecule has 8 heteroatoms. The first-order valence-electron chi connectivity index (χ1n) is 9.71. The standard InChI is InChI=1S/C22H33N3O5/c1-8-13-25(17(27)14-23-20(29)30-22(5,6)7)18(19(28)24-21(2,3)4)15-9-11-16(26)12-10-15/h8-12,18,26H,1,13-14H2,2-7H3,(H,23,29)(H,24,28). The van der Waals surface area contributed by atoms with E-state index in [2.05, 4.69) is 17.2 Å². The zero-order valence-electron chi connectivity index (χ0n) is 18.6. The molecule has 0 aromatic heterocycles. The number of nitrogens with zero attached hydrogens (tertiary/aromatic N) is 1. The van der Waals surface area contributed by atoms with Crippen LogP contribution in [0.25, 0.3) is 0 Å². The minimum Gasteiger partial charge on any atom is -0.508 e. The van der Waals surface area contributed by atoms with Gasteiger partial charge in [-0.05, 0) is 59.2 Å². The number of hydrogen-bond acceptors (Lipinski definition) is 5. The van der Waals surface area contributed by atoms with Gasteiger partial charge in [-0.2, -0.15) is 0 Å². The van der Waals surface area contributed by atoms with E-state index in [1.807, 2.05) is 20.8 Å². The quantitative estimate of drug-likeness (QED) is 0.589. The first-order chi connectivity index (χ1) is 13.7. The summed E-state index contributed by atoms with van der Waals surface area (Å²) in [5.41, 5.74) is -0.707. The molecule has 0 saturated heterocycles. The van der Waals surface area contributed by atoms with Crippen molar-refractivity contribution in [2.75, 3.05) is 13.1 Å². The molecule has 0 radical (unpaired) electrons. The lowest BCUT2D eigenvalue weighted by atomic mass is 10.0. The van der Waals surface area contributed by atoms with Gasteiger partial charge in [-0.1, -0.05) is 18.2 Å². The average Bonchev–Trinajstić information content (AvgIpc) is 2.57. The number of phenols is 1. The monoisotopic (exact) mass is 419 g/mol. The molecule has 3 N–H and O–H groups in total. The van der Waals surface area contributed by atoms with Crippen molar-refractivity contribution < 1.29 is 24.2 Å². The summed E-state index contributed by atoms with van der Waals surface area (Å²) in [5, 5.41) is 14.9. The number of carbonyl (C=O) groups excluding carboxylic acids is 3. The predicted octanol–water partition coefficient (Wildman–Crippen LogP) is 2.89. The van der Waals surface area contributed by atoms with Crippen LogP contribution in [0, 0.1) is 0 Å². The number of ether oxygens (including phenoxy) is 1. The molecule has 30 heavy (non-hydrogen) atoms. The molecule has 0 bridgehead atoms. The van der Waals surface area contributed by atoms with Crippen LogP contribution in [0.3, 0.4) is 0 Å². The minimum atomic E-state index is -0.976. The number of aromatic hydroxyl groups is 1. The zero-order chi connectivity index (χ0) is 23.1. The number of rotatable bonds is 7. The molecule has 1 aromatic rings. The molecule has 3 amide bonds. The maximum Gasteiger partial charge on any atom is 0.408 e. The van der Waals surface area contributed by atoms with Crippen LogP contribution in [-0.2, 0) is 14.3 Å². The number of alkyl carbamates (subject to hydrolysis) is 1. The van der Waals surface area contributed by atoms with Crippen LogP contribution in [-0.4, -0.2) is 52.1 Å². The zero-order valence-corrected chi connectivity index (χ0v) is 18.6. The second-order valence-electron chi connectivity index (χ2n) is 8.92. The molecule has 1 atom stereocenters. The summed E-state index contributed by atoms with van der Waals surface area (Å²) in [7, 11) is 0. The fraction of sp³-hybridized carbons (Fsp3) is 0.500. The average molecular weight is 420 g/mol. The highest BCUT2D eigenvalue weighted by Gasteiger charge is 2.33. The van der Waals surface area contributed by atoms with Crippen molar-refractivity contribution in [1.29, 1.82) is 0 Å². The lowest BCUT2D eigenvalue weighted by molar-refractivity contribution is -0.140. The Morgan fingerprint density at radius 3 is 2.17 bits per heavy atom. The van der Waals surface area contributed by atoms with Crippen LogP contribution in [0.5, 0.6) is 5.75 Å². The van der Waals surface area contributed by atoms with Gasteiger partial charge in [0.2, 0.25) is 11.8 Å². The Bertz CT molecular complexity index is 760. The summed E-state index contributed by atoms with van der Waals surface area (Å²) in [6, 6.07) is 5.07. The summed E-state index contributed by atoms with van der Waals surface area (Å²) < 4.78 is 5.15. The molecular weight excluding hydrogens is 386 g/mol. The molecule has 1 unspecified atom stereocenters. The molecule has 0 heterocycles. The largest absolute Gasteiger partial charge is 0.508 e. The molecule has 166 valence electrons. The van der Waals surface area contributed by atoms with Gasteiger partial charge in [-0.15, -0.1) is 6.58 Å². The van der Waals surface area contributed by atoms with E-state index < -0.39 is 29.2 Å². The smallest absolute Gasteiger partial charge is 0.408 e. The van der Waals surface area contributed by atoms with Crippen LogP contribution < -0.4 is 10.6 Å². The molecule has 0 aliphatic rings. The minimum absolute atomic E-state index is 0.0434. The van der Waals surface area contributed by atoms with E-state index in [4.69, 9.17) is 4.74 Å². The van der Waals surface area contributed by atoms with Crippen molar-refractivity contribution >= 4 is 17.9 Å². The second kappa shape index (κ2) is 10.1. The number of phenolic OH excluding ortho intramolecular Hbond substituents is 1. The fourth-order valence-corrected chi connectivity index (χ4v) is 2.62. The molecule has 8 nitrogen and oxygen atoms in total. The highest BCUT2D eigenvalue weighted by atomic mass is 16.6. The van der Waals surface area contributed by atoms with Crippen LogP contribution in [0.4, 0.5) is 4.79 Å². The van der Waals surface area contributed by atoms with Crippen molar-refractivity contribution in [3.8, 4) is 5.75 Å². The van der Waals surface area contributed by atoms with Gasteiger partial charge in [-0.25, -0.2) is 4.79 Å². The third kappa shape index (κ3) is 8.55. The fourth-order valence-electron chi connectivity index (χ4n) is 2.62. The van der Waals surface area contributed by atoms with Crippen molar-refractivity contribution in [1.82, 2.24) is 15.5 Å². The number of carbonyl (C=O) groups is 3. The third-order valence-corrected chi connectivity index (χ3v) is 3.70. The Labute approximate surface area is 178 Å². The van der Waals surface area contributed by atoms with E-state index in [-0.39, 0.29) is 24.7 Å². The van der Waals surface area contributed by atoms with Crippen molar-refractivity contribution in [2.45, 2.75) is 58.7 Å². The molecule has 0 fully saturated rings. The number of amides is 3. The van der Waals surface area contributed by atoms with Crippen molar-refractivity contribution in [2.24, 2.45) is 0 Å². The highest BCUT2D eigenvalue weighted by molar-refractivity contribution is 5.90. The van der Waals surface area contributed by atoms with Crippen molar-refractivity contribution in [3.05, 3.63) is 42.5 Å². The van der Waals surface area contributed by atoms with Crippen LogP contribution in [0.1, 0.15) is 53.1 Å². The Kier molecular flexibility index (Phi) is 8.45. The Morgan fingerprint density at radius 1 is 1.13 bits per heavy atom. The van der Waals surface area contributed by atoms with E-state index >= 15 is 0 Å². The first kappa shape index (κ1) is 25.0. The summed E-state index contributed by atoms with van der Waals surface area (Å²) in [4.78, 5) is 39.2. The van der Waals surface area contributed by atoms with E-state index in [1.165, 1.54) is 23.1 Å². The Hall–Kier alpha value is -3.03. The van der Waals surface area contributed by atoms with Gasteiger partial charge in [0, 0.05) is 12.1 Å². The second-order valence-corrected chi connectivity index (χ2v) is 8.92. The maximum atomic E-state index is 13.1. The van der Waals surface area contributed by atoms with E-state index in [0.717, 1.165) is 0 Å². The summed E-state index contributed by atoms with van der Waals surface area (Å²) in [6.45, 7) is 14.1. The lowest BCUT2D eigenvalue weighted by Gasteiger charge is -2.33. The van der Waals surface area contributed by atoms with Gasteiger partial charge in [0.05, 0.1) is 0 Å². The lowest BCUT2D eigenvalue weighted by Crippen LogP contribution is -2.51. The number of benzene rings is 1. The molecular formula is C22H33N3O5. The van der Waals surface area contributed by atoms with E-state index in [0.29, 0.717) is 5.56 Å². The Morgan fingerprint density at radius 2 is 1.70 bits per heavy atom. The number of hydrogen-bond donors (Lipinski definition) is 3. The summed E-state index contributed by atoms with van der Waals surface area (Å²) in [5.74, 6) is -0.828. The van der Waals surface area contributed by atoms with E-state index in [1.54, 1.807) is 32.9 Å². The topological polar surface area (TPSA) is 108 Å². The molecule has 0 aliphatic carbocycles. The molecule has 0 spiro atoms. The van der Waals surface area contributed by atoms with Gasteiger partial charge in [0.25, 0.3) is 0 Å². The van der Waals surface area contributed by atoms with Gasteiger partial charge in [0.15, 0.2) is 0 Å². The summed E-state index contributed by atoms with van der Waals surface area (Å²) >= 11 is 0. The first-order valence-corrected chi connectivity index (χ1v) is 9.71. The van der Waals surface area contributed by atoms with Gasteiger partial charge in [-0.3, -0.25) is 9.59 Å². The maximum absolute atomic E-state index is 13.1. The molecule has 0 saturated carbocycles. The normalized spacial score (nSPS) is 12.5. The number of nitrogens with one attached hydrogen (secondary N) is 2. The van der Waals surface area contributed by atoms with Gasteiger partial charge >= 0.3 is 6.09 Å². The highest BCUT2D eigenvalue weighted by Crippen LogP contribution is 2.24. The van der Waals surface area contributed by atoms with Crippen LogP contribution in [0.15, 0.2) is 36.9 Å². The third-order valence-electron chi connectivity index (χ3n) is 3.70. The van der Waals surface area contributed by atoms with Gasteiger partial charge < -0.3 is 25.4 Å². The predicted molar refractivity (Wildman–Crippen MR) is 115 cm³/mol. The van der Waals surface area contributed by atoms with Crippen LogP contribution in [0.2, 0.25) is 0 Å².